The molecule has 0 radical (unpaired) electrons. The molecule has 0 aromatic heterocycles. The third kappa shape index (κ3) is 6.87. The molecule has 0 bridgehead atoms. The van der Waals surface area contributed by atoms with Crippen LogP contribution in [0.25, 0.3) is 0 Å². The maximum atomic E-state index is 6.45. The maximum absolute atomic E-state index is 6.45. The molecular formula is C28H48N2O2. The van der Waals surface area contributed by atoms with Gasteiger partial charge in [-0.15, -0.1) is 0 Å². The maximum Gasteiger partial charge on any atom is 0.119 e. The van der Waals surface area contributed by atoms with Gasteiger partial charge in [0.1, 0.15) is 23.7 Å². The Kier molecular flexibility index (Phi) is 8.91. The number of ether oxygens (including phenoxy) is 2. The molecule has 2 N–H and O–H groups in total. The van der Waals surface area contributed by atoms with Crippen LogP contribution in [0.5, 0.6) is 11.5 Å². The van der Waals surface area contributed by atoms with E-state index < -0.39 is 0 Å². The number of hydrogen-bond donors (Lipinski definition) is 2. The fourth-order valence-electron chi connectivity index (χ4n) is 5.18. The van der Waals surface area contributed by atoms with Gasteiger partial charge in [-0.3, -0.25) is 0 Å². The van der Waals surface area contributed by atoms with Gasteiger partial charge in [0, 0.05) is 24.2 Å². The minimum atomic E-state index is 0.269. The molecular weight excluding hydrogens is 396 g/mol. The molecule has 1 aromatic carbocycles. The second-order valence-electron chi connectivity index (χ2n) is 11.6. The molecule has 2 saturated heterocycles. The molecule has 0 spiro atoms. The Labute approximate surface area is 197 Å². The predicted molar refractivity (Wildman–Crippen MR) is 135 cm³/mol. The van der Waals surface area contributed by atoms with Crippen molar-refractivity contribution in [3.63, 3.8) is 0 Å². The summed E-state index contributed by atoms with van der Waals surface area (Å²) in [6.45, 7) is 18.4. The second-order valence-corrected chi connectivity index (χ2v) is 11.6. The van der Waals surface area contributed by atoms with Crippen molar-refractivity contribution < 1.29 is 9.47 Å². The Morgan fingerprint density at radius 1 is 0.531 bits per heavy atom. The van der Waals surface area contributed by atoms with Crippen molar-refractivity contribution in [3.8, 4) is 11.5 Å². The van der Waals surface area contributed by atoms with Gasteiger partial charge in [0.25, 0.3) is 0 Å². The summed E-state index contributed by atoms with van der Waals surface area (Å²) in [4.78, 5) is 0. The summed E-state index contributed by atoms with van der Waals surface area (Å²) in [7, 11) is 0. The molecule has 2 aliphatic heterocycles. The molecule has 2 fully saturated rings. The molecule has 0 aliphatic carbocycles. The molecule has 2 aliphatic rings. The first-order chi connectivity index (χ1) is 15.1. The number of benzene rings is 1. The highest BCUT2D eigenvalue weighted by Gasteiger charge is 2.33. The number of nitrogens with one attached hydrogen (secondary N) is 2. The predicted octanol–water partition coefficient (Wildman–Crippen LogP) is 6.05. The van der Waals surface area contributed by atoms with Crippen molar-refractivity contribution in [3.05, 3.63) is 24.3 Å². The molecule has 32 heavy (non-hydrogen) atoms. The summed E-state index contributed by atoms with van der Waals surface area (Å²) >= 11 is 0. The highest BCUT2D eigenvalue weighted by Crippen LogP contribution is 2.30. The van der Waals surface area contributed by atoms with Crippen LogP contribution in [0.15, 0.2) is 24.3 Å². The van der Waals surface area contributed by atoms with Crippen molar-refractivity contribution in [1.29, 1.82) is 0 Å². The van der Waals surface area contributed by atoms with Crippen LogP contribution in [0.2, 0.25) is 0 Å². The van der Waals surface area contributed by atoms with E-state index in [1.807, 2.05) is 0 Å². The van der Waals surface area contributed by atoms with Crippen LogP contribution in [0, 0.1) is 23.7 Å². The first-order valence-electron chi connectivity index (χ1n) is 13.1. The van der Waals surface area contributed by atoms with Gasteiger partial charge >= 0.3 is 0 Å². The zero-order valence-corrected chi connectivity index (χ0v) is 21.7. The molecule has 4 nitrogen and oxygen atoms in total. The van der Waals surface area contributed by atoms with Gasteiger partial charge in [0.05, 0.1) is 0 Å². The third-order valence-electron chi connectivity index (χ3n) is 7.57. The lowest BCUT2D eigenvalue weighted by Crippen LogP contribution is -2.53. The van der Waals surface area contributed by atoms with Crippen molar-refractivity contribution in [2.45, 2.75) is 117 Å². The van der Waals surface area contributed by atoms with Crippen LogP contribution in [-0.4, -0.2) is 36.4 Å². The lowest BCUT2D eigenvalue weighted by molar-refractivity contribution is 0.0850. The summed E-state index contributed by atoms with van der Waals surface area (Å²) in [6, 6.07) is 10.4. The van der Waals surface area contributed by atoms with Crippen LogP contribution in [-0.2, 0) is 0 Å². The molecule has 3 rings (SSSR count). The van der Waals surface area contributed by atoms with Crippen LogP contribution in [0.1, 0.15) is 81.1 Å². The molecule has 4 unspecified atom stereocenters. The van der Waals surface area contributed by atoms with Crippen LogP contribution < -0.4 is 20.1 Å². The Balaban J connectivity index is 1.59. The Bertz CT molecular complexity index is 594. The molecule has 0 saturated carbocycles. The first kappa shape index (κ1) is 25.4. The lowest BCUT2D eigenvalue weighted by atomic mass is 9.85. The Hall–Kier alpha value is -1.26. The quantitative estimate of drug-likeness (QED) is 0.512. The van der Waals surface area contributed by atoms with E-state index in [2.05, 4.69) is 90.3 Å². The van der Waals surface area contributed by atoms with Crippen LogP contribution in [0.4, 0.5) is 0 Å². The van der Waals surface area contributed by atoms with Crippen molar-refractivity contribution >= 4 is 0 Å². The van der Waals surface area contributed by atoms with Gasteiger partial charge in [0.15, 0.2) is 0 Å². The largest absolute Gasteiger partial charge is 0.490 e. The van der Waals surface area contributed by atoms with Crippen molar-refractivity contribution in [2.24, 2.45) is 23.7 Å². The summed E-state index contributed by atoms with van der Waals surface area (Å²) < 4.78 is 12.9. The first-order valence-corrected chi connectivity index (χ1v) is 13.1. The minimum Gasteiger partial charge on any atom is -0.490 e. The highest BCUT2D eigenvalue weighted by molar-refractivity contribution is 5.31. The molecule has 4 atom stereocenters. The van der Waals surface area contributed by atoms with E-state index in [-0.39, 0.29) is 12.2 Å². The Morgan fingerprint density at radius 3 is 1.00 bits per heavy atom. The van der Waals surface area contributed by atoms with Gasteiger partial charge in [-0.05, 0) is 73.6 Å². The van der Waals surface area contributed by atoms with Gasteiger partial charge in [0.2, 0.25) is 0 Å². The van der Waals surface area contributed by atoms with E-state index >= 15 is 0 Å². The molecule has 182 valence electrons. The number of piperidine rings is 2. The van der Waals surface area contributed by atoms with E-state index in [1.165, 1.54) is 0 Å². The molecule has 2 heterocycles. The average Bonchev–Trinajstić information content (AvgIpc) is 2.74. The van der Waals surface area contributed by atoms with E-state index in [0.717, 1.165) is 37.2 Å². The number of rotatable bonds is 8. The fraction of sp³-hybridized carbons (Fsp3) is 0.786. The standard InChI is InChI=1S/C28H48N2O2/c1-17(2)25-13-23(14-26(29-25)18(3)4)31-21-9-11-22(12-10-21)32-24-15-27(19(5)6)30-28(16-24)20(7)8/h9-12,17-20,23-30H,13-16H2,1-8H3. The smallest absolute Gasteiger partial charge is 0.119 e. The molecule has 0 amide bonds. The summed E-state index contributed by atoms with van der Waals surface area (Å²) in [5, 5.41) is 7.68. The van der Waals surface area contributed by atoms with Gasteiger partial charge in [-0.25, -0.2) is 0 Å². The SMILES string of the molecule is CC(C)C1CC(Oc2ccc(OC3CC(C(C)C)NC(C(C)C)C3)cc2)CC(C(C)C)N1. The lowest BCUT2D eigenvalue weighted by Gasteiger charge is -2.40. The van der Waals surface area contributed by atoms with E-state index in [9.17, 15) is 0 Å². The van der Waals surface area contributed by atoms with Gasteiger partial charge in [-0.2, -0.15) is 0 Å². The van der Waals surface area contributed by atoms with Crippen molar-refractivity contribution in [1.82, 2.24) is 10.6 Å². The monoisotopic (exact) mass is 444 g/mol. The van der Waals surface area contributed by atoms with Crippen LogP contribution >= 0.6 is 0 Å². The highest BCUT2D eigenvalue weighted by atomic mass is 16.5. The molecule has 1 aromatic rings. The normalized spacial score (nSPS) is 31.5. The van der Waals surface area contributed by atoms with Gasteiger partial charge in [-0.1, -0.05) is 55.4 Å². The zero-order valence-electron chi connectivity index (χ0n) is 21.7. The number of hydrogen-bond acceptors (Lipinski definition) is 4. The summed E-state index contributed by atoms with van der Waals surface area (Å²) in [5.74, 6) is 4.39. The van der Waals surface area contributed by atoms with E-state index in [0.29, 0.717) is 47.8 Å². The Morgan fingerprint density at radius 2 is 0.781 bits per heavy atom. The summed E-state index contributed by atoms with van der Waals surface area (Å²) in [6.07, 6.45) is 4.82. The van der Waals surface area contributed by atoms with Crippen LogP contribution in [0.3, 0.4) is 0 Å². The second kappa shape index (κ2) is 11.2. The topological polar surface area (TPSA) is 42.5 Å². The van der Waals surface area contributed by atoms with E-state index in [4.69, 9.17) is 9.47 Å². The molecule has 4 heteroatoms. The zero-order chi connectivity index (χ0) is 23.4. The third-order valence-corrected chi connectivity index (χ3v) is 7.57. The summed E-state index contributed by atoms with van der Waals surface area (Å²) in [5.41, 5.74) is 0. The van der Waals surface area contributed by atoms with E-state index in [1.54, 1.807) is 0 Å². The van der Waals surface area contributed by atoms with Crippen molar-refractivity contribution in [2.75, 3.05) is 0 Å². The fourth-order valence-corrected chi connectivity index (χ4v) is 5.18. The minimum absolute atomic E-state index is 0.269. The van der Waals surface area contributed by atoms with Gasteiger partial charge < -0.3 is 20.1 Å². The average molecular weight is 445 g/mol.